The fourth-order valence-corrected chi connectivity index (χ4v) is 5.52. The van der Waals surface area contributed by atoms with E-state index in [0.29, 0.717) is 47.1 Å². The standard InChI is InChI=1S/C22H22Cl2N4O3/c1-11-19-13(6-14(23)8-16(19)24)2-4-28(11)21(29)18-7-12(3-5-30-18)15-9-26-10-17-20(15)31-22(25)27-17/h6,8-12,18H,2-5,7H2,1H3,(H2,25,27)/t11-,12-,18-/m0/s1. The molecule has 0 spiro atoms. The molecule has 0 aliphatic carbocycles. The van der Waals surface area contributed by atoms with Gasteiger partial charge in [-0.05, 0) is 55.4 Å². The lowest BCUT2D eigenvalue weighted by molar-refractivity contribution is -0.149. The summed E-state index contributed by atoms with van der Waals surface area (Å²) < 4.78 is 11.5. The Labute approximate surface area is 189 Å². The lowest BCUT2D eigenvalue weighted by atomic mass is 9.87. The van der Waals surface area contributed by atoms with Crippen LogP contribution in [0.3, 0.4) is 0 Å². The van der Waals surface area contributed by atoms with Crippen molar-refractivity contribution in [2.75, 3.05) is 18.9 Å². The molecule has 5 rings (SSSR count). The van der Waals surface area contributed by atoms with E-state index >= 15 is 0 Å². The Balaban J connectivity index is 1.38. The number of nitrogens with zero attached hydrogens (tertiary/aromatic N) is 3. The number of nitrogen functional groups attached to an aromatic ring is 1. The molecule has 31 heavy (non-hydrogen) atoms. The van der Waals surface area contributed by atoms with Crippen LogP contribution in [0.25, 0.3) is 11.1 Å². The van der Waals surface area contributed by atoms with Crippen molar-refractivity contribution < 1.29 is 13.9 Å². The first kappa shape index (κ1) is 20.5. The number of carbonyl (C=O) groups is 1. The van der Waals surface area contributed by atoms with E-state index in [-0.39, 0.29) is 23.9 Å². The molecular weight excluding hydrogens is 439 g/mol. The zero-order valence-electron chi connectivity index (χ0n) is 17.0. The molecule has 0 radical (unpaired) electrons. The smallest absolute Gasteiger partial charge is 0.293 e. The Hall–Kier alpha value is -2.35. The number of fused-ring (bicyclic) bond motifs is 2. The van der Waals surface area contributed by atoms with Gasteiger partial charge in [0.15, 0.2) is 5.58 Å². The summed E-state index contributed by atoms with van der Waals surface area (Å²) in [5.41, 5.74) is 9.96. The van der Waals surface area contributed by atoms with Crippen molar-refractivity contribution in [2.45, 2.75) is 44.2 Å². The molecule has 3 aromatic rings. The highest BCUT2D eigenvalue weighted by Crippen LogP contribution is 2.39. The van der Waals surface area contributed by atoms with Crippen LogP contribution in [-0.2, 0) is 16.0 Å². The molecule has 0 unspecified atom stereocenters. The second-order valence-corrected chi connectivity index (χ2v) is 8.97. The molecule has 1 fully saturated rings. The van der Waals surface area contributed by atoms with E-state index < -0.39 is 6.10 Å². The molecule has 3 atom stereocenters. The minimum absolute atomic E-state index is 0.0221. The highest BCUT2D eigenvalue weighted by molar-refractivity contribution is 6.35. The summed E-state index contributed by atoms with van der Waals surface area (Å²) >= 11 is 12.6. The maximum atomic E-state index is 13.5. The molecular formula is C22H22Cl2N4O3. The molecule has 2 N–H and O–H groups in total. The fourth-order valence-electron chi connectivity index (χ4n) is 4.82. The Morgan fingerprint density at radius 3 is 2.97 bits per heavy atom. The normalized spacial score (nSPS) is 23.7. The average Bonchev–Trinajstić information content (AvgIpc) is 3.13. The Morgan fingerprint density at radius 2 is 2.13 bits per heavy atom. The number of aromatic nitrogens is 2. The van der Waals surface area contributed by atoms with Crippen LogP contribution >= 0.6 is 23.2 Å². The Kier molecular flexibility index (Phi) is 5.28. The van der Waals surface area contributed by atoms with Crippen molar-refractivity contribution in [2.24, 2.45) is 0 Å². The third kappa shape index (κ3) is 3.64. The molecule has 162 valence electrons. The van der Waals surface area contributed by atoms with E-state index in [2.05, 4.69) is 9.97 Å². The molecule has 2 aromatic heterocycles. The van der Waals surface area contributed by atoms with E-state index in [1.165, 1.54) is 0 Å². The van der Waals surface area contributed by atoms with Gasteiger partial charge in [-0.25, -0.2) is 0 Å². The van der Waals surface area contributed by atoms with Gasteiger partial charge in [0.05, 0.1) is 12.2 Å². The summed E-state index contributed by atoms with van der Waals surface area (Å²) in [5, 5.41) is 1.21. The lowest BCUT2D eigenvalue weighted by Crippen LogP contribution is -2.47. The number of ether oxygens (including phenoxy) is 1. The molecule has 9 heteroatoms. The molecule has 0 bridgehead atoms. The van der Waals surface area contributed by atoms with Gasteiger partial charge in [0.2, 0.25) is 0 Å². The minimum Gasteiger partial charge on any atom is -0.423 e. The van der Waals surface area contributed by atoms with E-state index in [9.17, 15) is 4.79 Å². The number of hydrogen-bond acceptors (Lipinski definition) is 6. The third-order valence-corrected chi connectivity index (χ3v) is 6.84. The Morgan fingerprint density at radius 1 is 1.29 bits per heavy atom. The molecule has 2 aliphatic heterocycles. The third-order valence-electron chi connectivity index (χ3n) is 6.31. The van der Waals surface area contributed by atoms with Crippen LogP contribution in [-0.4, -0.2) is 40.0 Å². The summed E-state index contributed by atoms with van der Waals surface area (Å²) in [5.74, 6) is 0.0483. The topological polar surface area (TPSA) is 94.5 Å². The number of amides is 1. The number of benzene rings is 1. The highest BCUT2D eigenvalue weighted by atomic mass is 35.5. The molecule has 1 aromatic carbocycles. The predicted molar refractivity (Wildman–Crippen MR) is 118 cm³/mol. The van der Waals surface area contributed by atoms with Crippen molar-refractivity contribution in [3.8, 4) is 0 Å². The molecule has 4 heterocycles. The van der Waals surface area contributed by atoms with Gasteiger partial charge in [-0.3, -0.25) is 9.78 Å². The van der Waals surface area contributed by atoms with Gasteiger partial charge < -0.3 is 19.8 Å². The fraction of sp³-hybridized carbons (Fsp3) is 0.409. The summed E-state index contributed by atoms with van der Waals surface area (Å²) in [4.78, 5) is 23.8. The first-order chi connectivity index (χ1) is 14.9. The van der Waals surface area contributed by atoms with Crippen molar-refractivity contribution in [1.82, 2.24) is 14.9 Å². The molecule has 0 saturated carbocycles. The predicted octanol–water partition coefficient (Wildman–Crippen LogP) is 4.52. The van der Waals surface area contributed by atoms with Gasteiger partial charge in [-0.15, -0.1) is 0 Å². The van der Waals surface area contributed by atoms with Crippen LogP contribution in [0.2, 0.25) is 10.0 Å². The molecule has 1 saturated heterocycles. The van der Waals surface area contributed by atoms with Gasteiger partial charge in [0.1, 0.15) is 11.6 Å². The van der Waals surface area contributed by atoms with Crippen molar-refractivity contribution in [1.29, 1.82) is 0 Å². The second kappa shape index (κ2) is 7.97. The minimum atomic E-state index is -0.538. The van der Waals surface area contributed by atoms with E-state index in [1.54, 1.807) is 18.5 Å². The Bertz CT molecular complexity index is 1170. The zero-order valence-corrected chi connectivity index (χ0v) is 18.5. The molecule has 1 amide bonds. The lowest BCUT2D eigenvalue weighted by Gasteiger charge is -2.39. The number of oxazole rings is 1. The van der Waals surface area contributed by atoms with E-state index in [1.807, 2.05) is 17.9 Å². The van der Waals surface area contributed by atoms with Crippen LogP contribution < -0.4 is 5.73 Å². The summed E-state index contributed by atoms with van der Waals surface area (Å²) in [7, 11) is 0. The van der Waals surface area contributed by atoms with Gasteiger partial charge in [-0.2, -0.15) is 4.98 Å². The number of anilines is 1. The summed E-state index contributed by atoms with van der Waals surface area (Å²) in [6, 6.07) is 3.63. The van der Waals surface area contributed by atoms with Crippen molar-refractivity contribution in [3.63, 3.8) is 0 Å². The number of halogens is 2. The van der Waals surface area contributed by atoms with Gasteiger partial charge >= 0.3 is 0 Å². The maximum absolute atomic E-state index is 13.5. The zero-order chi connectivity index (χ0) is 21.7. The second-order valence-electron chi connectivity index (χ2n) is 8.13. The first-order valence-electron chi connectivity index (χ1n) is 10.3. The summed E-state index contributed by atoms with van der Waals surface area (Å²) in [6.45, 7) is 3.08. The largest absolute Gasteiger partial charge is 0.423 e. The van der Waals surface area contributed by atoms with E-state index in [4.69, 9.17) is 38.1 Å². The number of pyridine rings is 1. The van der Waals surface area contributed by atoms with Crippen LogP contribution in [0.15, 0.2) is 28.9 Å². The van der Waals surface area contributed by atoms with Gasteiger partial charge in [-0.1, -0.05) is 23.2 Å². The quantitative estimate of drug-likeness (QED) is 0.603. The first-order valence-corrected chi connectivity index (χ1v) is 11.1. The van der Waals surface area contributed by atoms with Crippen LogP contribution in [0.5, 0.6) is 0 Å². The number of nitrogens with two attached hydrogens (primary N) is 1. The van der Waals surface area contributed by atoms with Gasteiger partial charge in [0.25, 0.3) is 11.9 Å². The van der Waals surface area contributed by atoms with Crippen LogP contribution in [0.4, 0.5) is 6.01 Å². The van der Waals surface area contributed by atoms with Crippen LogP contribution in [0, 0.1) is 0 Å². The maximum Gasteiger partial charge on any atom is 0.293 e. The monoisotopic (exact) mass is 460 g/mol. The number of carbonyl (C=O) groups excluding carboxylic acids is 1. The number of rotatable bonds is 2. The SMILES string of the molecule is C[C@H]1c2c(Cl)cc(Cl)cc2CCN1C(=O)[C@@H]1C[C@@H](c2cncc3nc(N)oc23)CCO1. The summed E-state index contributed by atoms with van der Waals surface area (Å²) in [6.07, 6.45) is 4.89. The molecule has 2 aliphatic rings. The number of hydrogen-bond donors (Lipinski definition) is 1. The van der Waals surface area contributed by atoms with E-state index in [0.717, 1.165) is 23.1 Å². The molecule has 7 nitrogen and oxygen atoms in total. The van der Waals surface area contributed by atoms with Gasteiger partial charge in [0, 0.05) is 35.0 Å². The van der Waals surface area contributed by atoms with Crippen molar-refractivity contribution in [3.05, 3.63) is 51.3 Å². The van der Waals surface area contributed by atoms with Crippen LogP contribution in [0.1, 0.15) is 48.4 Å². The highest BCUT2D eigenvalue weighted by Gasteiger charge is 2.37. The van der Waals surface area contributed by atoms with Crippen molar-refractivity contribution >= 4 is 46.2 Å². The average molecular weight is 461 g/mol.